The van der Waals surface area contributed by atoms with Gasteiger partial charge in [-0.25, -0.2) is 0 Å². The Morgan fingerprint density at radius 3 is 3.00 bits per heavy atom. The summed E-state index contributed by atoms with van der Waals surface area (Å²) in [5.41, 5.74) is 3.83. The molecule has 1 unspecified atom stereocenters. The van der Waals surface area contributed by atoms with Crippen LogP contribution in [0, 0.1) is 6.92 Å². The quantitative estimate of drug-likeness (QED) is 0.665. The van der Waals surface area contributed by atoms with Crippen LogP contribution in [0.4, 0.5) is 6.01 Å². The van der Waals surface area contributed by atoms with E-state index in [1.54, 1.807) is 0 Å². The highest BCUT2D eigenvalue weighted by Gasteiger charge is 2.28. The normalized spacial score (nSPS) is 16.6. The molecule has 0 spiro atoms. The van der Waals surface area contributed by atoms with Gasteiger partial charge < -0.3 is 14.6 Å². The van der Waals surface area contributed by atoms with E-state index in [9.17, 15) is 4.79 Å². The number of carbonyl (C=O) groups excluding carboxylic acids is 1. The first kappa shape index (κ1) is 18.8. The minimum Gasteiger partial charge on any atom is -0.423 e. The summed E-state index contributed by atoms with van der Waals surface area (Å²) in [7, 11) is 0. The highest BCUT2D eigenvalue weighted by Crippen LogP contribution is 2.28. The highest BCUT2D eigenvalue weighted by molar-refractivity contribution is 6.31. The largest absolute Gasteiger partial charge is 0.423 e. The first-order valence-electron chi connectivity index (χ1n) is 9.74. The van der Waals surface area contributed by atoms with Gasteiger partial charge in [-0.05, 0) is 55.5 Å². The average molecular weight is 398 g/mol. The van der Waals surface area contributed by atoms with E-state index in [0.29, 0.717) is 25.4 Å². The standard InChI is InChI=1S/C22H24ClN3O2/c1-15-13-16(8-10-18(15)23)9-11-21(27)24-14-17-5-4-12-26(17)22-25-19-6-2-3-7-20(19)28-22/h2-3,6-8,10,13,17H,4-5,9,11-12,14H2,1H3,(H,24,27). The Kier molecular flexibility index (Phi) is 5.53. The molecule has 6 heteroatoms. The number of amides is 1. The number of halogens is 1. The summed E-state index contributed by atoms with van der Waals surface area (Å²) < 4.78 is 5.91. The molecule has 1 amide bonds. The number of hydrogen-bond acceptors (Lipinski definition) is 4. The van der Waals surface area contributed by atoms with E-state index in [2.05, 4.69) is 15.2 Å². The predicted octanol–water partition coefficient (Wildman–Crippen LogP) is 4.51. The third-order valence-electron chi connectivity index (χ3n) is 5.30. The zero-order valence-electron chi connectivity index (χ0n) is 16.0. The predicted molar refractivity (Wildman–Crippen MR) is 112 cm³/mol. The van der Waals surface area contributed by atoms with Gasteiger partial charge >= 0.3 is 0 Å². The number of benzene rings is 2. The number of anilines is 1. The molecule has 1 atom stereocenters. The molecule has 0 aliphatic carbocycles. The van der Waals surface area contributed by atoms with E-state index in [1.165, 1.54) is 0 Å². The van der Waals surface area contributed by atoms with Crippen LogP contribution in [0.3, 0.4) is 0 Å². The molecule has 3 aromatic rings. The Bertz CT molecular complexity index is 952. The van der Waals surface area contributed by atoms with Crippen molar-refractivity contribution in [2.45, 2.75) is 38.6 Å². The number of rotatable bonds is 6. The summed E-state index contributed by atoms with van der Waals surface area (Å²) in [6.07, 6.45) is 3.28. The van der Waals surface area contributed by atoms with E-state index in [4.69, 9.17) is 16.0 Å². The third kappa shape index (κ3) is 4.14. The molecule has 5 nitrogen and oxygen atoms in total. The molecule has 1 aliphatic rings. The fourth-order valence-electron chi connectivity index (χ4n) is 3.72. The van der Waals surface area contributed by atoms with Crippen molar-refractivity contribution < 1.29 is 9.21 Å². The monoisotopic (exact) mass is 397 g/mol. The van der Waals surface area contributed by atoms with Gasteiger partial charge in [-0.1, -0.05) is 35.9 Å². The van der Waals surface area contributed by atoms with Crippen molar-refractivity contribution in [3.63, 3.8) is 0 Å². The second-order valence-corrected chi connectivity index (χ2v) is 7.75. The van der Waals surface area contributed by atoms with Gasteiger partial charge in [0.05, 0.1) is 6.04 Å². The molecule has 2 heterocycles. The molecule has 0 bridgehead atoms. The molecule has 1 aliphatic heterocycles. The maximum atomic E-state index is 12.3. The summed E-state index contributed by atoms with van der Waals surface area (Å²) >= 11 is 6.06. The Balaban J connectivity index is 1.31. The van der Waals surface area contributed by atoms with E-state index in [1.807, 2.05) is 49.4 Å². The zero-order chi connectivity index (χ0) is 19.5. The van der Waals surface area contributed by atoms with E-state index in [0.717, 1.165) is 46.6 Å². The van der Waals surface area contributed by atoms with Crippen LogP contribution in [0.15, 0.2) is 46.9 Å². The van der Waals surface area contributed by atoms with E-state index >= 15 is 0 Å². The molecule has 1 saturated heterocycles. The van der Waals surface area contributed by atoms with Crippen molar-refractivity contribution in [1.29, 1.82) is 0 Å². The first-order chi connectivity index (χ1) is 13.6. The highest BCUT2D eigenvalue weighted by atomic mass is 35.5. The Labute approximate surface area is 169 Å². The summed E-state index contributed by atoms with van der Waals surface area (Å²) in [5.74, 6) is 0.0667. The van der Waals surface area contributed by atoms with Crippen molar-refractivity contribution in [2.75, 3.05) is 18.0 Å². The molecule has 28 heavy (non-hydrogen) atoms. The SMILES string of the molecule is Cc1cc(CCC(=O)NCC2CCCN2c2nc3ccccc3o2)ccc1Cl. The lowest BCUT2D eigenvalue weighted by molar-refractivity contribution is -0.121. The number of aryl methyl sites for hydroxylation is 2. The molecule has 1 N–H and O–H groups in total. The van der Waals surface area contributed by atoms with Gasteiger partial charge in [0.25, 0.3) is 6.01 Å². The van der Waals surface area contributed by atoms with Crippen LogP contribution >= 0.6 is 11.6 Å². The van der Waals surface area contributed by atoms with Crippen LogP contribution in [0.1, 0.15) is 30.4 Å². The Hall–Kier alpha value is -2.53. The third-order valence-corrected chi connectivity index (χ3v) is 5.73. The van der Waals surface area contributed by atoms with Crippen molar-refractivity contribution in [3.05, 3.63) is 58.6 Å². The van der Waals surface area contributed by atoms with Crippen molar-refractivity contribution in [1.82, 2.24) is 10.3 Å². The smallest absolute Gasteiger partial charge is 0.298 e. The van der Waals surface area contributed by atoms with Crippen LogP contribution in [0.5, 0.6) is 0 Å². The number of nitrogens with zero attached hydrogens (tertiary/aromatic N) is 2. The molecular weight excluding hydrogens is 374 g/mol. The minimum atomic E-state index is 0.0667. The van der Waals surface area contributed by atoms with Gasteiger partial charge in [0.2, 0.25) is 5.91 Å². The van der Waals surface area contributed by atoms with Crippen LogP contribution in [0.25, 0.3) is 11.1 Å². The van der Waals surface area contributed by atoms with Crippen LogP contribution < -0.4 is 10.2 Å². The topological polar surface area (TPSA) is 58.4 Å². The maximum Gasteiger partial charge on any atom is 0.298 e. The van der Waals surface area contributed by atoms with Crippen molar-refractivity contribution in [3.8, 4) is 0 Å². The van der Waals surface area contributed by atoms with Crippen LogP contribution in [-0.2, 0) is 11.2 Å². The fourth-order valence-corrected chi connectivity index (χ4v) is 3.84. The number of carbonyl (C=O) groups is 1. The van der Waals surface area contributed by atoms with Gasteiger partial charge in [0.1, 0.15) is 5.52 Å². The summed E-state index contributed by atoms with van der Waals surface area (Å²) in [4.78, 5) is 19.1. The Morgan fingerprint density at radius 2 is 2.18 bits per heavy atom. The lowest BCUT2D eigenvalue weighted by Crippen LogP contribution is -2.40. The van der Waals surface area contributed by atoms with Gasteiger partial charge in [0, 0.05) is 24.5 Å². The van der Waals surface area contributed by atoms with Crippen LogP contribution in [-0.4, -0.2) is 30.0 Å². The molecule has 1 fully saturated rings. The molecule has 0 radical (unpaired) electrons. The molecule has 1 aromatic heterocycles. The minimum absolute atomic E-state index is 0.0667. The van der Waals surface area contributed by atoms with Crippen LogP contribution in [0.2, 0.25) is 5.02 Å². The summed E-state index contributed by atoms with van der Waals surface area (Å²) in [6.45, 7) is 3.49. The molecule has 4 rings (SSSR count). The number of fused-ring (bicyclic) bond motifs is 1. The molecule has 2 aromatic carbocycles. The van der Waals surface area contributed by atoms with Gasteiger partial charge in [0.15, 0.2) is 5.58 Å². The van der Waals surface area contributed by atoms with Gasteiger partial charge in [-0.2, -0.15) is 4.98 Å². The van der Waals surface area contributed by atoms with Gasteiger partial charge in [-0.3, -0.25) is 4.79 Å². The second-order valence-electron chi connectivity index (χ2n) is 7.34. The molecule has 146 valence electrons. The van der Waals surface area contributed by atoms with Crippen molar-refractivity contribution >= 4 is 34.6 Å². The number of hydrogen-bond donors (Lipinski definition) is 1. The van der Waals surface area contributed by atoms with E-state index in [-0.39, 0.29) is 11.9 Å². The van der Waals surface area contributed by atoms with Gasteiger partial charge in [-0.15, -0.1) is 0 Å². The van der Waals surface area contributed by atoms with E-state index < -0.39 is 0 Å². The lowest BCUT2D eigenvalue weighted by Gasteiger charge is -2.23. The zero-order valence-corrected chi connectivity index (χ0v) is 16.7. The lowest BCUT2D eigenvalue weighted by atomic mass is 10.1. The summed E-state index contributed by atoms with van der Waals surface area (Å²) in [5, 5.41) is 3.84. The first-order valence-corrected chi connectivity index (χ1v) is 10.1. The average Bonchev–Trinajstić information content (AvgIpc) is 3.33. The van der Waals surface area contributed by atoms with Crippen molar-refractivity contribution in [2.24, 2.45) is 0 Å². The number of aromatic nitrogens is 1. The summed E-state index contributed by atoms with van der Waals surface area (Å²) in [6, 6.07) is 14.6. The second kappa shape index (κ2) is 8.23. The Morgan fingerprint density at radius 1 is 1.32 bits per heavy atom. The number of nitrogens with one attached hydrogen (secondary N) is 1. The molecular formula is C22H24ClN3O2. The maximum absolute atomic E-state index is 12.3. The number of para-hydroxylation sites is 2. The number of oxazole rings is 1. The molecule has 0 saturated carbocycles. The fraction of sp³-hybridized carbons (Fsp3) is 0.364.